The number of halogens is 2. The molecule has 0 saturated heterocycles. The predicted molar refractivity (Wildman–Crippen MR) is 96.2 cm³/mol. The highest BCUT2D eigenvalue weighted by molar-refractivity contribution is 6.35. The molecular formula is C18H19Cl2NO2. The van der Waals surface area contributed by atoms with E-state index in [1.54, 1.807) is 18.2 Å². The number of anilines is 1. The summed E-state index contributed by atoms with van der Waals surface area (Å²) in [5, 5.41) is 1.13. The molecule has 3 nitrogen and oxygen atoms in total. The molecule has 0 aliphatic heterocycles. The average molecular weight is 352 g/mol. The van der Waals surface area contributed by atoms with Gasteiger partial charge in [-0.2, -0.15) is 0 Å². The first-order chi connectivity index (χ1) is 11.1. The second-order valence-corrected chi connectivity index (χ2v) is 5.88. The number of benzene rings is 2. The third-order valence-corrected chi connectivity index (χ3v) is 4.24. The summed E-state index contributed by atoms with van der Waals surface area (Å²) in [6, 6.07) is 10.9. The normalized spacial score (nSPS) is 10.4. The Balaban J connectivity index is 2.23. The molecule has 2 aromatic rings. The molecule has 0 radical (unpaired) electrons. The van der Waals surface area contributed by atoms with E-state index in [1.165, 1.54) is 0 Å². The van der Waals surface area contributed by atoms with E-state index in [9.17, 15) is 4.79 Å². The van der Waals surface area contributed by atoms with Crippen molar-refractivity contribution in [2.75, 3.05) is 18.0 Å². The third kappa shape index (κ3) is 4.40. The Labute approximate surface area is 146 Å². The molecular weight excluding hydrogens is 333 g/mol. The molecule has 0 unspecified atom stereocenters. The van der Waals surface area contributed by atoms with Crippen molar-refractivity contribution in [2.24, 2.45) is 0 Å². The van der Waals surface area contributed by atoms with Gasteiger partial charge in [0.25, 0.3) is 0 Å². The summed E-state index contributed by atoms with van der Waals surface area (Å²) in [6.07, 6.45) is 0.796. The van der Waals surface area contributed by atoms with Crippen LogP contribution in [-0.2, 0) is 6.61 Å². The van der Waals surface area contributed by atoms with Crippen molar-refractivity contribution in [3.8, 4) is 5.75 Å². The largest absolute Gasteiger partial charge is 0.488 e. The minimum absolute atomic E-state index is 0.276. The van der Waals surface area contributed by atoms with Crippen molar-refractivity contribution in [1.82, 2.24) is 0 Å². The van der Waals surface area contributed by atoms with Crippen LogP contribution in [0.5, 0.6) is 5.75 Å². The van der Waals surface area contributed by atoms with Gasteiger partial charge in [-0.15, -0.1) is 0 Å². The quantitative estimate of drug-likeness (QED) is 0.639. The van der Waals surface area contributed by atoms with Crippen LogP contribution in [0.2, 0.25) is 10.0 Å². The Hall–Kier alpha value is -1.71. The van der Waals surface area contributed by atoms with Crippen LogP contribution in [0.15, 0.2) is 36.4 Å². The minimum Gasteiger partial charge on any atom is -0.488 e. The van der Waals surface area contributed by atoms with Crippen molar-refractivity contribution >= 4 is 35.2 Å². The van der Waals surface area contributed by atoms with Gasteiger partial charge in [-0.05, 0) is 38.1 Å². The van der Waals surface area contributed by atoms with Gasteiger partial charge in [0.1, 0.15) is 12.4 Å². The molecule has 2 aromatic carbocycles. The Kier molecular flexibility index (Phi) is 6.31. The second-order valence-electron chi connectivity index (χ2n) is 5.04. The lowest BCUT2D eigenvalue weighted by Crippen LogP contribution is -2.21. The van der Waals surface area contributed by atoms with E-state index in [0.717, 1.165) is 30.6 Å². The summed E-state index contributed by atoms with van der Waals surface area (Å²) in [5.74, 6) is 0.551. The van der Waals surface area contributed by atoms with Crippen LogP contribution in [0, 0.1) is 0 Å². The maximum atomic E-state index is 11.2. The van der Waals surface area contributed by atoms with Crippen LogP contribution >= 0.6 is 23.2 Å². The number of hydrogen-bond donors (Lipinski definition) is 0. The third-order valence-electron chi connectivity index (χ3n) is 3.65. The van der Waals surface area contributed by atoms with Gasteiger partial charge in [0.2, 0.25) is 0 Å². The van der Waals surface area contributed by atoms with E-state index in [4.69, 9.17) is 27.9 Å². The zero-order valence-electron chi connectivity index (χ0n) is 13.2. The van der Waals surface area contributed by atoms with E-state index in [0.29, 0.717) is 21.4 Å². The van der Waals surface area contributed by atoms with Gasteiger partial charge in [-0.3, -0.25) is 4.79 Å². The van der Waals surface area contributed by atoms with Gasteiger partial charge in [-0.25, -0.2) is 0 Å². The van der Waals surface area contributed by atoms with E-state index in [-0.39, 0.29) is 6.61 Å². The van der Waals surface area contributed by atoms with Crippen LogP contribution in [0.25, 0.3) is 0 Å². The van der Waals surface area contributed by atoms with Crippen LogP contribution in [0.4, 0.5) is 5.69 Å². The fraction of sp³-hybridized carbons (Fsp3) is 0.278. The molecule has 0 saturated carbocycles. The number of carbonyl (C=O) groups excluding carboxylic acids is 1. The summed E-state index contributed by atoms with van der Waals surface area (Å²) in [5.41, 5.74) is 2.37. The first kappa shape index (κ1) is 17.6. The Bertz CT molecular complexity index is 685. The highest BCUT2D eigenvalue weighted by Gasteiger charge is 2.10. The highest BCUT2D eigenvalue weighted by atomic mass is 35.5. The fourth-order valence-electron chi connectivity index (χ4n) is 2.33. The molecule has 2 rings (SSSR count). The van der Waals surface area contributed by atoms with Crippen LogP contribution in [0.3, 0.4) is 0 Å². The zero-order chi connectivity index (χ0) is 16.8. The second kappa shape index (κ2) is 8.23. The molecule has 23 heavy (non-hydrogen) atoms. The predicted octanol–water partition coefficient (Wildman–Crippen LogP) is 5.23. The number of ether oxygens (including phenoxy) is 1. The first-order valence-electron chi connectivity index (χ1n) is 7.50. The fourth-order valence-corrected chi connectivity index (χ4v) is 2.79. The molecule has 0 aromatic heterocycles. The number of nitrogens with zero attached hydrogens (tertiary/aromatic N) is 1. The van der Waals surface area contributed by atoms with Gasteiger partial charge in [0.15, 0.2) is 6.29 Å². The topological polar surface area (TPSA) is 29.5 Å². The van der Waals surface area contributed by atoms with Crippen molar-refractivity contribution in [1.29, 1.82) is 0 Å². The lowest BCUT2D eigenvalue weighted by molar-refractivity contribution is 0.111. The van der Waals surface area contributed by atoms with Gasteiger partial charge < -0.3 is 9.64 Å². The molecule has 5 heteroatoms. The Morgan fingerprint density at radius 1 is 1.09 bits per heavy atom. The molecule has 0 aliphatic rings. The molecule has 0 bridgehead atoms. The van der Waals surface area contributed by atoms with Gasteiger partial charge in [0.05, 0.1) is 5.56 Å². The lowest BCUT2D eigenvalue weighted by Gasteiger charge is -2.22. The maximum absolute atomic E-state index is 11.2. The van der Waals surface area contributed by atoms with E-state index in [2.05, 4.69) is 18.7 Å². The van der Waals surface area contributed by atoms with Gasteiger partial charge in [-0.1, -0.05) is 29.3 Å². The van der Waals surface area contributed by atoms with E-state index < -0.39 is 0 Å². The monoisotopic (exact) mass is 351 g/mol. The van der Waals surface area contributed by atoms with Crippen molar-refractivity contribution in [2.45, 2.75) is 20.5 Å². The molecule has 0 heterocycles. The minimum atomic E-state index is 0.276. The maximum Gasteiger partial charge on any atom is 0.153 e. The summed E-state index contributed by atoms with van der Waals surface area (Å²) < 4.78 is 5.83. The molecule has 122 valence electrons. The SMILES string of the molecule is CCN(CC)c1ccc(C=O)c(OCc2ccc(Cl)cc2Cl)c1. The average Bonchev–Trinajstić information content (AvgIpc) is 2.55. The molecule has 0 spiro atoms. The van der Waals surface area contributed by atoms with Gasteiger partial charge in [0, 0.05) is 40.5 Å². The van der Waals surface area contributed by atoms with E-state index >= 15 is 0 Å². The smallest absolute Gasteiger partial charge is 0.153 e. The zero-order valence-corrected chi connectivity index (χ0v) is 14.7. The summed E-state index contributed by atoms with van der Waals surface area (Å²) >= 11 is 12.0. The van der Waals surface area contributed by atoms with Crippen molar-refractivity contribution < 1.29 is 9.53 Å². The van der Waals surface area contributed by atoms with Crippen LogP contribution in [-0.4, -0.2) is 19.4 Å². The van der Waals surface area contributed by atoms with Crippen molar-refractivity contribution in [3.63, 3.8) is 0 Å². The number of carbonyl (C=O) groups is 1. The molecule has 0 aliphatic carbocycles. The molecule has 0 atom stereocenters. The Morgan fingerprint density at radius 3 is 2.43 bits per heavy atom. The standard InChI is InChI=1S/C18H19Cl2NO2/c1-3-21(4-2)16-8-6-13(11-22)18(10-16)23-12-14-5-7-15(19)9-17(14)20/h5-11H,3-4,12H2,1-2H3. The summed E-state index contributed by atoms with van der Waals surface area (Å²) in [7, 11) is 0. The number of hydrogen-bond acceptors (Lipinski definition) is 3. The molecule has 0 amide bonds. The van der Waals surface area contributed by atoms with Crippen molar-refractivity contribution in [3.05, 3.63) is 57.6 Å². The molecule has 0 N–H and O–H groups in total. The van der Waals surface area contributed by atoms with Crippen LogP contribution in [0.1, 0.15) is 29.8 Å². The highest BCUT2D eigenvalue weighted by Crippen LogP contribution is 2.27. The summed E-state index contributed by atoms with van der Waals surface area (Å²) in [6.45, 7) is 6.23. The van der Waals surface area contributed by atoms with E-state index in [1.807, 2.05) is 18.2 Å². The summed E-state index contributed by atoms with van der Waals surface area (Å²) in [4.78, 5) is 13.4. The number of rotatable bonds is 7. The van der Waals surface area contributed by atoms with Crippen LogP contribution < -0.4 is 9.64 Å². The lowest BCUT2D eigenvalue weighted by atomic mass is 10.1. The number of aldehydes is 1. The molecule has 0 fully saturated rings. The first-order valence-corrected chi connectivity index (χ1v) is 8.25. The Morgan fingerprint density at radius 2 is 1.83 bits per heavy atom. The van der Waals surface area contributed by atoms with Gasteiger partial charge >= 0.3 is 0 Å².